The minimum atomic E-state index is 0.528. The van der Waals surface area contributed by atoms with Crippen molar-refractivity contribution in [3.8, 4) is 11.5 Å². The first-order valence-corrected chi connectivity index (χ1v) is 9.75. The Morgan fingerprint density at radius 1 is 0.850 bits per heavy atom. The van der Waals surface area contributed by atoms with E-state index in [2.05, 4.69) is 95.8 Å². The third-order valence-electron chi connectivity index (χ3n) is 2.38. The van der Waals surface area contributed by atoms with Gasteiger partial charge in [-0.15, -0.1) is 0 Å². The number of halogens is 4. The van der Waals surface area contributed by atoms with Crippen LogP contribution in [0.15, 0.2) is 40.9 Å². The third kappa shape index (κ3) is 5.16. The molecule has 0 aliphatic carbocycles. The highest BCUT2D eigenvalue weighted by atomic mass is 127. The molecule has 0 fully saturated rings. The van der Waals surface area contributed by atoms with Crippen LogP contribution < -0.4 is 9.47 Å². The molecule has 2 aromatic rings. The average molecular weight is 671 g/mol. The fourth-order valence-electron chi connectivity index (χ4n) is 1.50. The van der Waals surface area contributed by atoms with Gasteiger partial charge in [0.1, 0.15) is 24.7 Å². The van der Waals surface area contributed by atoms with Crippen molar-refractivity contribution < 1.29 is 9.47 Å². The Hall–Kier alpha value is 0.710. The molecule has 0 aromatic heterocycles. The van der Waals surface area contributed by atoms with Crippen molar-refractivity contribution in [2.24, 2.45) is 0 Å². The van der Waals surface area contributed by atoms with Gasteiger partial charge in [0.25, 0.3) is 0 Å². The molecule has 0 spiro atoms. The van der Waals surface area contributed by atoms with E-state index in [1.54, 1.807) is 0 Å². The van der Waals surface area contributed by atoms with Gasteiger partial charge in [0.2, 0.25) is 0 Å². The van der Waals surface area contributed by atoms with Gasteiger partial charge in [0.05, 0.1) is 7.14 Å². The van der Waals surface area contributed by atoms with E-state index in [-0.39, 0.29) is 0 Å². The van der Waals surface area contributed by atoms with Crippen molar-refractivity contribution >= 4 is 83.7 Å². The largest absolute Gasteiger partial charge is 0.490 e. The van der Waals surface area contributed by atoms with E-state index in [1.807, 2.05) is 24.3 Å². The zero-order chi connectivity index (χ0) is 14.5. The minimum absolute atomic E-state index is 0.528. The Balaban J connectivity index is 1.86. The van der Waals surface area contributed by atoms with Crippen LogP contribution in [0.4, 0.5) is 0 Å². The highest BCUT2D eigenvalue weighted by Gasteiger charge is 2.07. The maximum absolute atomic E-state index is 5.82. The molecular formula is C14H10BrI3O2. The smallest absolute Gasteiger partial charge is 0.146 e. The molecule has 0 radical (unpaired) electrons. The maximum atomic E-state index is 5.82. The standard InChI is InChI=1S/C14H10BrI3O2/c15-9-1-3-11(4-2-9)19-5-6-20-14-12(17)7-10(16)8-13(14)18/h1-4,7-8H,5-6H2. The molecule has 20 heavy (non-hydrogen) atoms. The molecule has 0 saturated heterocycles. The molecule has 0 N–H and O–H groups in total. The minimum Gasteiger partial charge on any atom is -0.490 e. The summed E-state index contributed by atoms with van der Waals surface area (Å²) in [4.78, 5) is 0. The van der Waals surface area contributed by atoms with Crippen molar-refractivity contribution in [3.05, 3.63) is 51.6 Å². The predicted molar refractivity (Wildman–Crippen MR) is 110 cm³/mol. The van der Waals surface area contributed by atoms with Crippen molar-refractivity contribution in [1.82, 2.24) is 0 Å². The molecule has 2 rings (SSSR count). The number of hydrogen-bond donors (Lipinski definition) is 0. The monoisotopic (exact) mass is 670 g/mol. The van der Waals surface area contributed by atoms with Gasteiger partial charge in [-0.1, -0.05) is 15.9 Å². The van der Waals surface area contributed by atoms with E-state index < -0.39 is 0 Å². The second-order valence-corrected chi connectivity index (χ2v) is 8.34. The van der Waals surface area contributed by atoms with Gasteiger partial charge in [0.15, 0.2) is 0 Å². The third-order valence-corrected chi connectivity index (χ3v) is 5.13. The summed E-state index contributed by atoms with van der Waals surface area (Å²) < 4.78 is 16.0. The molecule has 0 aliphatic rings. The van der Waals surface area contributed by atoms with Crippen molar-refractivity contribution in [2.45, 2.75) is 0 Å². The van der Waals surface area contributed by atoms with Gasteiger partial charge in [0, 0.05) is 8.04 Å². The highest BCUT2D eigenvalue weighted by Crippen LogP contribution is 2.29. The number of benzene rings is 2. The lowest BCUT2D eigenvalue weighted by atomic mass is 10.3. The quantitative estimate of drug-likeness (QED) is 0.300. The van der Waals surface area contributed by atoms with Gasteiger partial charge < -0.3 is 9.47 Å². The summed E-state index contributed by atoms with van der Waals surface area (Å²) in [6, 6.07) is 12.0. The van der Waals surface area contributed by atoms with E-state index in [9.17, 15) is 0 Å². The van der Waals surface area contributed by atoms with E-state index in [0.717, 1.165) is 23.1 Å². The first-order valence-electron chi connectivity index (χ1n) is 5.72. The summed E-state index contributed by atoms with van der Waals surface area (Å²) in [6.07, 6.45) is 0. The van der Waals surface area contributed by atoms with Gasteiger partial charge in [-0.25, -0.2) is 0 Å². The van der Waals surface area contributed by atoms with Crippen molar-refractivity contribution in [2.75, 3.05) is 13.2 Å². The number of ether oxygens (including phenoxy) is 2. The maximum Gasteiger partial charge on any atom is 0.146 e. The number of rotatable bonds is 5. The summed E-state index contributed by atoms with van der Waals surface area (Å²) in [5, 5.41) is 0. The van der Waals surface area contributed by atoms with Crippen LogP contribution in [0.1, 0.15) is 0 Å². The van der Waals surface area contributed by atoms with E-state index in [4.69, 9.17) is 9.47 Å². The molecule has 0 aliphatic heterocycles. The van der Waals surface area contributed by atoms with Crippen LogP contribution in [0.3, 0.4) is 0 Å². The number of hydrogen-bond acceptors (Lipinski definition) is 2. The second-order valence-electron chi connectivity index (χ2n) is 3.85. The first-order chi connectivity index (χ1) is 9.56. The molecule has 6 heteroatoms. The Labute approximate surface area is 167 Å². The average Bonchev–Trinajstić information content (AvgIpc) is 2.39. The van der Waals surface area contributed by atoms with Gasteiger partial charge >= 0.3 is 0 Å². The van der Waals surface area contributed by atoms with Crippen LogP contribution in [-0.4, -0.2) is 13.2 Å². The lowest BCUT2D eigenvalue weighted by molar-refractivity contribution is 0.215. The van der Waals surface area contributed by atoms with E-state index >= 15 is 0 Å². The SMILES string of the molecule is Brc1ccc(OCCOc2c(I)cc(I)cc2I)cc1. The Kier molecular flexibility index (Phi) is 7.14. The molecule has 0 bridgehead atoms. The van der Waals surface area contributed by atoms with Crippen molar-refractivity contribution in [1.29, 1.82) is 0 Å². The topological polar surface area (TPSA) is 18.5 Å². The summed E-state index contributed by atoms with van der Waals surface area (Å²) in [7, 11) is 0. The lowest BCUT2D eigenvalue weighted by Gasteiger charge is -2.12. The molecule has 2 aromatic carbocycles. The molecule has 0 amide bonds. The molecule has 2 nitrogen and oxygen atoms in total. The Bertz CT molecular complexity index is 564. The van der Waals surface area contributed by atoms with Crippen LogP contribution in [0.5, 0.6) is 11.5 Å². The zero-order valence-corrected chi connectivity index (χ0v) is 18.3. The first kappa shape index (κ1) is 17.1. The summed E-state index contributed by atoms with van der Waals surface area (Å²) >= 11 is 10.3. The van der Waals surface area contributed by atoms with Gasteiger partial charge in [-0.2, -0.15) is 0 Å². The summed E-state index contributed by atoms with van der Waals surface area (Å²) in [5.41, 5.74) is 0. The molecule has 106 valence electrons. The molecule has 0 saturated carbocycles. The van der Waals surface area contributed by atoms with Crippen LogP contribution in [0.2, 0.25) is 0 Å². The van der Waals surface area contributed by atoms with E-state index in [0.29, 0.717) is 13.2 Å². The summed E-state index contributed by atoms with van der Waals surface area (Å²) in [5.74, 6) is 1.79. The molecular weight excluding hydrogens is 661 g/mol. The van der Waals surface area contributed by atoms with Crippen molar-refractivity contribution in [3.63, 3.8) is 0 Å². The van der Waals surface area contributed by atoms with Gasteiger partial charge in [-0.3, -0.25) is 0 Å². The fraction of sp³-hybridized carbons (Fsp3) is 0.143. The fourth-order valence-corrected chi connectivity index (χ4v) is 5.66. The van der Waals surface area contributed by atoms with Crippen LogP contribution in [-0.2, 0) is 0 Å². The van der Waals surface area contributed by atoms with Crippen LogP contribution >= 0.6 is 83.7 Å². The lowest BCUT2D eigenvalue weighted by Crippen LogP contribution is -2.10. The zero-order valence-electron chi connectivity index (χ0n) is 10.2. The summed E-state index contributed by atoms with van der Waals surface area (Å²) in [6.45, 7) is 1.06. The normalized spacial score (nSPS) is 10.4. The van der Waals surface area contributed by atoms with Gasteiger partial charge in [-0.05, 0) is 104 Å². The van der Waals surface area contributed by atoms with Crippen LogP contribution in [0, 0.1) is 10.7 Å². The Morgan fingerprint density at radius 3 is 2.00 bits per heavy atom. The molecule has 0 heterocycles. The predicted octanol–water partition coefficient (Wildman–Crippen LogP) is 5.72. The van der Waals surface area contributed by atoms with E-state index in [1.165, 1.54) is 3.57 Å². The highest BCUT2D eigenvalue weighted by molar-refractivity contribution is 14.1. The Morgan fingerprint density at radius 2 is 1.40 bits per heavy atom. The van der Waals surface area contributed by atoms with Crippen LogP contribution in [0.25, 0.3) is 0 Å². The molecule has 0 atom stereocenters. The second kappa shape index (κ2) is 8.37. The molecule has 0 unspecified atom stereocenters.